The van der Waals surface area contributed by atoms with Crippen LogP contribution in [0.2, 0.25) is 0 Å². The van der Waals surface area contributed by atoms with E-state index in [4.69, 9.17) is 0 Å². The summed E-state index contributed by atoms with van der Waals surface area (Å²) in [7, 11) is 0. The quantitative estimate of drug-likeness (QED) is 0.705. The summed E-state index contributed by atoms with van der Waals surface area (Å²) in [5, 5.41) is 15.6. The van der Waals surface area contributed by atoms with Gasteiger partial charge in [0, 0.05) is 18.3 Å². The molecule has 1 heterocycles. The number of anilines is 2. The Bertz CT molecular complexity index is 366. The van der Waals surface area contributed by atoms with E-state index in [0.29, 0.717) is 5.95 Å². The molecule has 3 N–H and O–H groups in total. The number of aliphatic hydroxyl groups is 1. The fraction of sp³-hybridized carbons (Fsp3) is 0.667. The molecule has 0 amide bonds. The molecule has 0 aromatic carbocycles. The summed E-state index contributed by atoms with van der Waals surface area (Å²) in [6.07, 6.45) is 2.81. The zero-order valence-electron chi connectivity index (χ0n) is 11.0. The number of nitrogens with zero attached hydrogens (tertiary/aromatic N) is 2. The Morgan fingerprint density at radius 3 is 2.71 bits per heavy atom. The third-order valence-electron chi connectivity index (χ3n) is 2.36. The summed E-state index contributed by atoms with van der Waals surface area (Å²) < 4.78 is 0. The van der Waals surface area contributed by atoms with Crippen LogP contribution in [0.4, 0.5) is 11.8 Å². The highest BCUT2D eigenvalue weighted by Crippen LogP contribution is 2.17. The summed E-state index contributed by atoms with van der Waals surface area (Å²) in [6, 6.07) is 0. The molecule has 0 bridgehead atoms. The predicted octanol–water partition coefficient (Wildman–Crippen LogP) is 1.79. The zero-order valence-corrected chi connectivity index (χ0v) is 11.0. The third kappa shape index (κ3) is 4.19. The molecular formula is C12H22N4O. The fourth-order valence-electron chi connectivity index (χ4n) is 1.25. The largest absolute Gasteiger partial charge is 0.394 e. The SMILES string of the molecule is CCCNc1ncc(C)c(NC(C)(C)CO)n1. The number of nitrogens with one attached hydrogen (secondary N) is 2. The lowest BCUT2D eigenvalue weighted by Crippen LogP contribution is -2.35. The fourth-order valence-corrected chi connectivity index (χ4v) is 1.25. The second kappa shape index (κ2) is 5.82. The Balaban J connectivity index is 2.83. The number of aliphatic hydroxyl groups excluding tert-OH is 1. The molecule has 0 aliphatic heterocycles. The van der Waals surface area contributed by atoms with Gasteiger partial charge in [-0.25, -0.2) is 4.98 Å². The van der Waals surface area contributed by atoms with Crippen molar-refractivity contribution in [3.05, 3.63) is 11.8 Å². The van der Waals surface area contributed by atoms with E-state index in [1.807, 2.05) is 20.8 Å². The van der Waals surface area contributed by atoms with Gasteiger partial charge in [0.2, 0.25) is 5.95 Å². The van der Waals surface area contributed by atoms with Crippen molar-refractivity contribution in [1.29, 1.82) is 0 Å². The zero-order chi connectivity index (χ0) is 12.9. The predicted molar refractivity (Wildman–Crippen MR) is 70.3 cm³/mol. The average molecular weight is 238 g/mol. The molecule has 0 saturated carbocycles. The van der Waals surface area contributed by atoms with Crippen LogP contribution in [0, 0.1) is 6.92 Å². The van der Waals surface area contributed by atoms with Crippen molar-refractivity contribution in [2.24, 2.45) is 0 Å². The maximum atomic E-state index is 9.24. The van der Waals surface area contributed by atoms with Gasteiger partial charge in [-0.3, -0.25) is 0 Å². The van der Waals surface area contributed by atoms with Gasteiger partial charge < -0.3 is 15.7 Å². The molecule has 1 rings (SSSR count). The van der Waals surface area contributed by atoms with E-state index in [-0.39, 0.29) is 12.1 Å². The second-order valence-electron chi connectivity index (χ2n) is 4.82. The molecule has 0 saturated heterocycles. The van der Waals surface area contributed by atoms with Gasteiger partial charge >= 0.3 is 0 Å². The van der Waals surface area contributed by atoms with E-state index >= 15 is 0 Å². The number of hydrogen-bond acceptors (Lipinski definition) is 5. The van der Waals surface area contributed by atoms with E-state index < -0.39 is 0 Å². The molecule has 0 unspecified atom stereocenters. The molecule has 0 spiro atoms. The Hall–Kier alpha value is -1.36. The first-order chi connectivity index (χ1) is 7.98. The summed E-state index contributed by atoms with van der Waals surface area (Å²) >= 11 is 0. The minimum absolute atomic E-state index is 0.0498. The van der Waals surface area contributed by atoms with Gasteiger partial charge in [0.25, 0.3) is 0 Å². The van der Waals surface area contributed by atoms with Crippen molar-refractivity contribution in [3.63, 3.8) is 0 Å². The van der Waals surface area contributed by atoms with Crippen molar-refractivity contribution in [3.8, 4) is 0 Å². The normalized spacial score (nSPS) is 11.4. The Morgan fingerprint density at radius 1 is 1.41 bits per heavy atom. The first-order valence-corrected chi connectivity index (χ1v) is 5.95. The number of aromatic nitrogens is 2. The summed E-state index contributed by atoms with van der Waals surface area (Å²) in [6.45, 7) is 8.79. The van der Waals surface area contributed by atoms with E-state index in [0.717, 1.165) is 24.3 Å². The van der Waals surface area contributed by atoms with Crippen LogP contribution in [0.1, 0.15) is 32.8 Å². The maximum Gasteiger partial charge on any atom is 0.224 e. The Labute approximate surface area is 103 Å². The molecule has 1 aromatic heterocycles. The van der Waals surface area contributed by atoms with Gasteiger partial charge in [0.05, 0.1) is 12.1 Å². The molecule has 0 aliphatic carbocycles. The lowest BCUT2D eigenvalue weighted by atomic mass is 10.1. The number of hydrogen-bond donors (Lipinski definition) is 3. The first kappa shape index (κ1) is 13.7. The van der Waals surface area contributed by atoms with E-state index in [1.165, 1.54) is 0 Å². The molecule has 0 fully saturated rings. The van der Waals surface area contributed by atoms with Crippen molar-refractivity contribution in [2.45, 2.75) is 39.7 Å². The van der Waals surface area contributed by atoms with Crippen LogP contribution in [0.3, 0.4) is 0 Å². The standard InChI is InChI=1S/C12H22N4O/c1-5-6-13-11-14-7-9(2)10(15-11)16-12(3,4)8-17/h7,17H,5-6,8H2,1-4H3,(H2,13,14,15,16). The van der Waals surface area contributed by atoms with Crippen molar-refractivity contribution in [1.82, 2.24) is 9.97 Å². The summed E-state index contributed by atoms with van der Waals surface area (Å²) in [4.78, 5) is 8.61. The molecule has 0 radical (unpaired) electrons. The minimum Gasteiger partial charge on any atom is -0.394 e. The maximum absolute atomic E-state index is 9.24. The van der Waals surface area contributed by atoms with Crippen LogP contribution >= 0.6 is 0 Å². The smallest absolute Gasteiger partial charge is 0.224 e. The van der Waals surface area contributed by atoms with Crippen LogP contribution in [0.15, 0.2) is 6.20 Å². The third-order valence-corrected chi connectivity index (χ3v) is 2.36. The minimum atomic E-state index is -0.388. The Kier molecular flexibility index (Phi) is 4.69. The van der Waals surface area contributed by atoms with E-state index in [9.17, 15) is 5.11 Å². The second-order valence-corrected chi connectivity index (χ2v) is 4.82. The molecule has 17 heavy (non-hydrogen) atoms. The van der Waals surface area contributed by atoms with Crippen LogP contribution in [-0.2, 0) is 0 Å². The van der Waals surface area contributed by atoms with Gasteiger partial charge in [-0.05, 0) is 27.2 Å². The van der Waals surface area contributed by atoms with Gasteiger partial charge in [-0.1, -0.05) is 6.92 Å². The monoisotopic (exact) mass is 238 g/mol. The van der Waals surface area contributed by atoms with Crippen molar-refractivity contribution < 1.29 is 5.11 Å². The average Bonchev–Trinajstić information content (AvgIpc) is 2.30. The van der Waals surface area contributed by atoms with Gasteiger partial charge in [-0.2, -0.15) is 4.98 Å². The highest BCUT2D eigenvalue weighted by Gasteiger charge is 2.17. The molecule has 1 aromatic rings. The van der Waals surface area contributed by atoms with Gasteiger partial charge in [0.1, 0.15) is 5.82 Å². The molecule has 5 heteroatoms. The molecule has 0 aliphatic rings. The van der Waals surface area contributed by atoms with E-state index in [1.54, 1.807) is 6.20 Å². The van der Waals surface area contributed by atoms with Gasteiger partial charge in [0.15, 0.2) is 0 Å². The summed E-state index contributed by atoms with van der Waals surface area (Å²) in [5.74, 6) is 1.38. The van der Waals surface area contributed by atoms with Crippen LogP contribution in [0.5, 0.6) is 0 Å². The van der Waals surface area contributed by atoms with Crippen molar-refractivity contribution in [2.75, 3.05) is 23.8 Å². The molecule has 0 atom stereocenters. The number of aryl methyl sites for hydroxylation is 1. The topological polar surface area (TPSA) is 70.1 Å². The van der Waals surface area contributed by atoms with Crippen LogP contribution in [0.25, 0.3) is 0 Å². The summed E-state index contributed by atoms with van der Waals surface area (Å²) in [5.41, 5.74) is 0.579. The van der Waals surface area contributed by atoms with E-state index in [2.05, 4.69) is 27.5 Å². The molecule has 96 valence electrons. The number of rotatable bonds is 6. The van der Waals surface area contributed by atoms with Gasteiger partial charge in [-0.15, -0.1) is 0 Å². The van der Waals surface area contributed by atoms with Crippen LogP contribution in [-0.4, -0.2) is 33.8 Å². The lowest BCUT2D eigenvalue weighted by molar-refractivity contribution is 0.234. The highest BCUT2D eigenvalue weighted by molar-refractivity contribution is 5.48. The first-order valence-electron chi connectivity index (χ1n) is 5.95. The molecule has 5 nitrogen and oxygen atoms in total. The van der Waals surface area contributed by atoms with Crippen molar-refractivity contribution >= 4 is 11.8 Å². The molecular weight excluding hydrogens is 216 g/mol. The van der Waals surface area contributed by atoms with Crippen LogP contribution < -0.4 is 10.6 Å². The highest BCUT2D eigenvalue weighted by atomic mass is 16.3. The lowest BCUT2D eigenvalue weighted by Gasteiger charge is -2.25. The Morgan fingerprint density at radius 2 is 2.12 bits per heavy atom.